The molecule has 144 valence electrons. The fraction of sp³-hybridized carbons (Fsp3) is 0.294. The smallest absolute Gasteiger partial charge is 0.414 e. The van der Waals surface area contributed by atoms with Crippen LogP contribution in [0.15, 0.2) is 36.7 Å². The molecule has 11 nitrogen and oxygen atoms in total. The summed E-state index contributed by atoms with van der Waals surface area (Å²) in [7, 11) is 1.56. The molecule has 3 aromatic rings. The number of hydrogen-bond donors (Lipinski definition) is 0. The van der Waals surface area contributed by atoms with Gasteiger partial charge in [-0.05, 0) is 23.1 Å². The van der Waals surface area contributed by atoms with Crippen LogP contribution in [0.3, 0.4) is 0 Å². The van der Waals surface area contributed by atoms with Gasteiger partial charge in [0.25, 0.3) is 0 Å². The van der Waals surface area contributed by atoms with Gasteiger partial charge in [-0.2, -0.15) is 10.2 Å². The molecule has 0 spiro atoms. The van der Waals surface area contributed by atoms with E-state index in [-0.39, 0.29) is 31.1 Å². The Labute approximate surface area is 159 Å². The molecule has 28 heavy (non-hydrogen) atoms. The van der Waals surface area contributed by atoms with Crippen LogP contribution in [-0.4, -0.2) is 49.5 Å². The van der Waals surface area contributed by atoms with Crippen LogP contribution >= 0.6 is 0 Å². The maximum Gasteiger partial charge on any atom is 0.414 e. The number of imidazole rings is 1. The normalized spacial score (nSPS) is 15.5. The van der Waals surface area contributed by atoms with Gasteiger partial charge >= 0.3 is 11.8 Å². The van der Waals surface area contributed by atoms with E-state index >= 15 is 0 Å². The molecule has 4 heterocycles. The Hall–Kier alpha value is -3.60. The number of hydrogen-bond acceptors (Lipinski definition) is 9. The first-order valence-electron chi connectivity index (χ1n) is 8.41. The van der Waals surface area contributed by atoms with Gasteiger partial charge in [-0.3, -0.25) is 4.57 Å². The minimum absolute atomic E-state index is 0.226. The summed E-state index contributed by atoms with van der Waals surface area (Å²) in [5.41, 5.74) is 2.18. The number of pyridine rings is 1. The summed E-state index contributed by atoms with van der Waals surface area (Å²) in [6.07, 6.45) is 2.73. The van der Waals surface area contributed by atoms with Crippen LogP contribution in [0.2, 0.25) is 0 Å². The average Bonchev–Trinajstić information content (AvgIpc) is 3.16. The molecule has 0 aromatic carbocycles. The van der Waals surface area contributed by atoms with Crippen LogP contribution in [0.1, 0.15) is 5.69 Å². The summed E-state index contributed by atoms with van der Waals surface area (Å²) in [4.78, 5) is 18.2. The quantitative estimate of drug-likeness (QED) is 0.460. The first kappa shape index (κ1) is 17.8. The number of nitro groups is 1. The maximum atomic E-state index is 10.8. The zero-order valence-corrected chi connectivity index (χ0v) is 14.9. The second-order valence-electron chi connectivity index (χ2n) is 6.03. The third kappa shape index (κ3) is 3.74. The zero-order chi connectivity index (χ0) is 19.5. The van der Waals surface area contributed by atoms with Gasteiger partial charge in [0, 0.05) is 22.8 Å². The maximum absolute atomic E-state index is 10.8. The molecule has 0 aliphatic carbocycles. The molecule has 0 N–H and O–H groups in total. The van der Waals surface area contributed by atoms with E-state index in [1.54, 1.807) is 23.9 Å². The molecule has 4 rings (SSSR count). The number of nitrogens with zero attached hydrogens (tertiary/aromatic N) is 6. The minimum atomic E-state index is -0.556. The molecule has 0 unspecified atom stereocenters. The van der Waals surface area contributed by atoms with Crippen molar-refractivity contribution in [1.82, 2.24) is 24.7 Å². The highest BCUT2D eigenvalue weighted by molar-refractivity contribution is 5.57. The predicted molar refractivity (Wildman–Crippen MR) is 94.8 cm³/mol. The van der Waals surface area contributed by atoms with Gasteiger partial charge < -0.3 is 24.3 Å². The highest BCUT2D eigenvalue weighted by atomic mass is 16.6. The van der Waals surface area contributed by atoms with Crippen molar-refractivity contribution in [2.45, 2.75) is 19.3 Å². The number of aromatic nitrogens is 5. The van der Waals surface area contributed by atoms with E-state index in [9.17, 15) is 10.1 Å². The van der Waals surface area contributed by atoms with Crippen LogP contribution in [0.4, 0.5) is 5.82 Å². The summed E-state index contributed by atoms with van der Waals surface area (Å²) < 4.78 is 17.8. The lowest BCUT2D eigenvalue weighted by Crippen LogP contribution is -2.32. The molecule has 11 heteroatoms. The lowest BCUT2D eigenvalue weighted by atomic mass is 10.2. The number of rotatable bonds is 6. The first-order valence-corrected chi connectivity index (χ1v) is 8.41. The summed E-state index contributed by atoms with van der Waals surface area (Å²) in [5.74, 6) is 0.285. The highest BCUT2D eigenvalue weighted by Crippen LogP contribution is 2.23. The topological polar surface area (TPSA) is 127 Å². The largest absolute Gasteiger partial charge is 0.481 e. The molecule has 0 radical (unpaired) electrons. The van der Waals surface area contributed by atoms with Crippen molar-refractivity contribution < 1.29 is 19.1 Å². The SMILES string of the molecule is COc1ccc(-c2ccc(CO[C@@H]3COc4nc([N+](=O)[O-])cn4C3)nn2)cn1. The second-order valence-corrected chi connectivity index (χ2v) is 6.03. The molecule has 1 aliphatic heterocycles. The Balaban J connectivity index is 1.35. The summed E-state index contributed by atoms with van der Waals surface area (Å²) in [5, 5.41) is 19.2. The Morgan fingerprint density at radius 2 is 2.21 bits per heavy atom. The minimum Gasteiger partial charge on any atom is -0.481 e. The van der Waals surface area contributed by atoms with Crippen LogP contribution in [-0.2, 0) is 17.9 Å². The molecule has 1 atom stereocenters. The van der Waals surface area contributed by atoms with Crippen molar-refractivity contribution in [3.63, 3.8) is 0 Å². The molecule has 0 saturated carbocycles. The second kappa shape index (κ2) is 7.56. The fourth-order valence-electron chi connectivity index (χ4n) is 2.71. The van der Waals surface area contributed by atoms with Gasteiger partial charge in [-0.1, -0.05) is 0 Å². The average molecular weight is 384 g/mol. The van der Waals surface area contributed by atoms with E-state index < -0.39 is 4.92 Å². The van der Waals surface area contributed by atoms with E-state index in [0.29, 0.717) is 23.8 Å². The zero-order valence-electron chi connectivity index (χ0n) is 14.9. The van der Waals surface area contributed by atoms with Crippen LogP contribution < -0.4 is 9.47 Å². The van der Waals surface area contributed by atoms with E-state index in [4.69, 9.17) is 14.2 Å². The van der Waals surface area contributed by atoms with E-state index in [1.807, 2.05) is 18.2 Å². The van der Waals surface area contributed by atoms with Crippen LogP contribution in [0.5, 0.6) is 11.9 Å². The van der Waals surface area contributed by atoms with E-state index in [2.05, 4.69) is 20.2 Å². The standard InChI is InChI=1S/C17H16N6O5/c1-26-16-5-2-11(6-18-16)14-4-3-12(20-21-14)9-27-13-7-22-8-15(23(24)25)19-17(22)28-10-13/h2-6,8,13H,7,9-10H2,1H3/t13-/m0/s1. The van der Waals surface area contributed by atoms with Gasteiger partial charge in [0.2, 0.25) is 5.88 Å². The highest BCUT2D eigenvalue weighted by Gasteiger charge is 2.28. The Kier molecular flexibility index (Phi) is 4.81. The molecular weight excluding hydrogens is 368 g/mol. The Morgan fingerprint density at radius 1 is 1.32 bits per heavy atom. The third-order valence-electron chi connectivity index (χ3n) is 4.14. The fourth-order valence-corrected chi connectivity index (χ4v) is 2.71. The van der Waals surface area contributed by atoms with E-state index in [1.165, 1.54) is 6.20 Å². The molecule has 0 saturated heterocycles. The Bertz CT molecular complexity index is 973. The molecule has 1 aliphatic rings. The van der Waals surface area contributed by atoms with Gasteiger partial charge in [0.1, 0.15) is 18.9 Å². The predicted octanol–water partition coefficient (Wildman–Crippen LogP) is 1.63. The summed E-state index contributed by atoms with van der Waals surface area (Å²) in [6, 6.07) is 7.50. The van der Waals surface area contributed by atoms with Crippen LogP contribution in [0.25, 0.3) is 11.3 Å². The number of methoxy groups -OCH3 is 1. The van der Waals surface area contributed by atoms with Crippen molar-refractivity contribution in [1.29, 1.82) is 0 Å². The molecule has 0 bridgehead atoms. The summed E-state index contributed by atoms with van der Waals surface area (Å²) in [6.45, 7) is 0.921. The third-order valence-corrected chi connectivity index (χ3v) is 4.14. The van der Waals surface area contributed by atoms with Gasteiger partial charge in [0.15, 0.2) is 0 Å². The molecular formula is C17H16N6O5. The van der Waals surface area contributed by atoms with Gasteiger partial charge in [-0.25, -0.2) is 4.98 Å². The Morgan fingerprint density at radius 3 is 2.89 bits per heavy atom. The molecule has 0 fully saturated rings. The van der Waals surface area contributed by atoms with Crippen molar-refractivity contribution in [2.75, 3.05) is 13.7 Å². The molecule has 3 aromatic heterocycles. The van der Waals surface area contributed by atoms with Crippen molar-refractivity contribution in [2.24, 2.45) is 0 Å². The van der Waals surface area contributed by atoms with Crippen molar-refractivity contribution in [3.05, 3.63) is 52.5 Å². The van der Waals surface area contributed by atoms with Crippen LogP contribution in [0, 0.1) is 10.1 Å². The van der Waals surface area contributed by atoms with Crippen molar-refractivity contribution >= 4 is 5.82 Å². The number of ether oxygens (including phenoxy) is 3. The lowest BCUT2D eigenvalue weighted by molar-refractivity contribution is -0.389. The monoisotopic (exact) mass is 384 g/mol. The van der Waals surface area contributed by atoms with Crippen molar-refractivity contribution in [3.8, 4) is 23.1 Å². The van der Waals surface area contributed by atoms with Gasteiger partial charge in [-0.15, -0.1) is 0 Å². The van der Waals surface area contributed by atoms with E-state index in [0.717, 1.165) is 5.56 Å². The van der Waals surface area contributed by atoms with Gasteiger partial charge in [0.05, 0.1) is 31.6 Å². The number of fused-ring (bicyclic) bond motifs is 1. The summed E-state index contributed by atoms with van der Waals surface area (Å²) >= 11 is 0. The molecule has 0 amide bonds. The first-order chi connectivity index (χ1) is 13.6. The lowest BCUT2D eigenvalue weighted by Gasteiger charge is -2.22.